The quantitative estimate of drug-likeness (QED) is 0.506. The zero-order valence-corrected chi connectivity index (χ0v) is 17.3. The summed E-state index contributed by atoms with van der Waals surface area (Å²) in [5.41, 5.74) is 2.16. The Morgan fingerprint density at radius 3 is 2.74 bits per heavy atom. The van der Waals surface area contributed by atoms with Crippen LogP contribution in [-0.4, -0.2) is 21.9 Å². The van der Waals surface area contributed by atoms with Crippen LogP contribution in [0.5, 0.6) is 11.5 Å². The van der Waals surface area contributed by atoms with Gasteiger partial charge in [0, 0.05) is 17.8 Å². The Morgan fingerprint density at radius 1 is 1.19 bits per heavy atom. The highest BCUT2D eigenvalue weighted by Crippen LogP contribution is 2.29. The Morgan fingerprint density at radius 2 is 2.00 bits per heavy atom. The molecule has 2 aromatic carbocycles. The molecule has 142 valence electrons. The van der Waals surface area contributed by atoms with Crippen molar-refractivity contribution in [3.8, 4) is 11.5 Å². The fourth-order valence-electron chi connectivity index (χ4n) is 2.70. The molecule has 0 fully saturated rings. The van der Waals surface area contributed by atoms with Crippen LogP contribution in [0.4, 0.5) is 0 Å². The van der Waals surface area contributed by atoms with Crippen molar-refractivity contribution in [2.24, 2.45) is 7.05 Å². The minimum atomic E-state index is -0.228. The second kappa shape index (κ2) is 8.67. The molecule has 0 aliphatic rings. The Labute approximate surface area is 168 Å². The van der Waals surface area contributed by atoms with Crippen molar-refractivity contribution in [3.63, 3.8) is 0 Å². The molecular formula is C20H22ClN3O2S. The van der Waals surface area contributed by atoms with E-state index in [2.05, 4.69) is 16.3 Å². The first-order chi connectivity index (χ1) is 13.0. The van der Waals surface area contributed by atoms with Gasteiger partial charge in [0.05, 0.1) is 7.11 Å². The fourth-order valence-corrected chi connectivity index (χ4v) is 3.79. The molecule has 1 aromatic heterocycles. The highest BCUT2D eigenvalue weighted by atomic mass is 35.5. The van der Waals surface area contributed by atoms with Crippen LogP contribution < -0.4 is 9.47 Å². The topological polar surface area (TPSA) is 49.2 Å². The Balaban J connectivity index is 1.68. The first-order valence-corrected chi connectivity index (χ1v) is 9.92. The minimum Gasteiger partial charge on any atom is -0.497 e. The van der Waals surface area contributed by atoms with Crippen LogP contribution in [-0.2, 0) is 12.8 Å². The Hall–Kier alpha value is -2.18. The lowest BCUT2D eigenvalue weighted by molar-refractivity contribution is 0.210. The van der Waals surface area contributed by atoms with Crippen molar-refractivity contribution in [2.75, 3.05) is 7.11 Å². The molecule has 0 saturated heterocycles. The number of benzene rings is 2. The van der Waals surface area contributed by atoms with E-state index in [4.69, 9.17) is 21.1 Å². The summed E-state index contributed by atoms with van der Waals surface area (Å²) in [4.78, 5) is 0. The molecule has 27 heavy (non-hydrogen) atoms. The van der Waals surface area contributed by atoms with E-state index in [0.717, 1.165) is 33.8 Å². The fraction of sp³-hybridized carbons (Fsp3) is 0.300. The maximum atomic E-state index is 6.07. The lowest BCUT2D eigenvalue weighted by atomic mass is 10.2. The number of methoxy groups -OCH3 is 1. The molecule has 5 nitrogen and oxygen atoms in total. The third-order valence-corrected chi connectivity index (χ3v) is 5.50. The molecule has 0 saturated carbocycles. The third-order valence-electron chi connectivity index (χ3n) is 4.17. The highest BCUT2D eigenvalue weighted by molar-refractivity contribution is 7.98. The molecule has 1 heterocycles. The number of halogens is 1. The number of rotatable bonds is 7. The van der Waals surface area contributed by atoms with Gasteiger partial charge >= 0.3 is 0 Å². The molecule has 0 aliphatic heterocycles. The van der Waals surface area contributed by atoms with Crippen molar-refractivity contribution in [2.45, 2.75) is 30.9 Å². The van der Waals surface area contributed by atoms with E-state index in [0.29, 0.717) is 5.02 Å². The number of nitrogens with zero attached hydrogens (tertiary/aromatic N) is 3. The van der Waals surface area contributed by atoms with E-state index < -0.39 is 0 Å². The summed E-state index contributed by atoms with van der Waals surface area (Å²) in [6.07, 6.45) is -0.228. The molecule has 0 bridgehead atoms. The minimum absolute atomic E-state index is 0.228. The number of aromatic nitrogens is 3. The van der Waals surface area contributed by atoms with Crippen molar-refractivity contribution in [3.05, 3.63) is 64.4 Å². The van der Waals surface area contributed by atoms with E-state index in [9.17, 15) is 0 Å². The van der Waals surface area contributed by atoms with Gasteiger partial charge in [-0.2, -0.15) is 0 Å². The van der Waals surface area contributed by atoms with Crippen molar-refractivity contribution < 1.29 is 9.47 Å². The average Bonchev–Trinajstić information content (AvgIpc) is 3.03. The summed E-state index contributed by atoms with van der Waals surface area (Å²) in [6.45, 7) is 3.94. The lowest BCUT2D eigenvalue weighted by Crippen LogP contribution is -2.10. The summed E-state index contributed by atoms with van der Waals surface area (Å²) in [7, 11) is 3.63. The first-order valence-electron chi connectivity index (χ1n) is 8.55. The average molecular weight is 404 g/mol. The van der Waals surface area contributed by atoms with Crippen molar-refractivity contribution in [1.29, 1.82) is 0 Å². The maximum Gasteiger partial charge on any atom is 0.191 e. The van der Waals surface area contributed by atoms with Gasteiger partial charge in [0.25, 0.3) is 0 Å². The molecule has 0 aliphatic carbocycles. The highest BCUT2D eigenvalue weighted by Gasteiger charge is 2.18. The molecular weight excluding hydrogens is 382 g/mol. The summed E-state index contributed by atoms with van der Waals surface area (Å²) >= 11 is 7.64. The summed E-state index contributed by atoms with van der Waals surface area (Å²) in [5.74, 6) is 3.21. The van der Waals surface area contributed by atoms with Gasteiger partial charge in [-0.1, -0.05) is 35.5 Å². The van der Waals surface area contributed by atoms with Gasteiger partial charge in [0.1, 0.15) is 11.5 Å². The Kier molecular flexibility index (Phi) is 6.29. The molecule has 0 N–H and O–H groups in total. The molecule has 3 rings (SSSR count). The molecule has 7 heteroatoms. The molecule has 0 spiro atoms. The summed E-state index contributed by atoms with van der Waals surface area (Å²) < 4.78 is 13.3. The van der Waals surface area contributed by atoms with Gasteiger partial charge in [-0.3, -0.25) is 0 Å². The van der Waals surface area contributed by atoms with Crippen LogP contribution in [0, 0.1) is 6.92 Å². The van der Waals surface area contributed by atoms with Crippen LogP contribution in [0.3, 0.4) is 0 Å². The maximum absolute atomic E-state index is 6.07. The largest absolute Gasteiger partial charge is 0.497 e. The van der Waals surface area contributed by atoms with Crippen molar-refractivity contribution >= 4 is 23.4 Å². The van der Waals surface area contributed by atoms with Crippen LogP contribution in [0.15, 0.2) is 47.6 Å². The second-order valence-electron chi connectivity index (χ2n) is 6.21. The first kappa shape index (κ1) is 19.6. The lowest BCUT2D eigenvalue weighted by Gasteiger charge is -2.16. The number of aryl methyl sites for hydroxylation is 1. The van der Waals surface area contributed by atoms with E-state index in [1.807, 2.05) is 61.9 Å². The normalized spacial score (nSPS) is 12.0. The van der Waals surface area contributed by atoms with Gasteiger partial charge < -0.3 is 14.0 Å². The SMILES string of the molecule is COc1cccc(CSc2nnc(C(C)Oc3ccc(Cl)cc3C)n2C)c1. The van der Waals surface area contributed by atoms with Gasteiger partial charge in [0.2, 0.25) is 0 Å². The predicted octanol–water partition coefficient (Wildman–Crippen LogP) is 5.22. The molecule has 3 aromatic rings. The molecule has 0 radical (unpaired) electrons. The predicted molar refractivity (Wildman–Crippen MR) is 109 cm³/mol. The third kappa shape index (κ3) is 4.76. The summed E-state index contributed by atoms with van der Waals surface area (Å²) in [5, 5.41) is 10.2. The number of thioether (sulfide) groups is 1. The standard InChI is InChI=1S/C20H22ClN3O2S/c1-13-10-16(21)8-9-18(13)26-14(2)19-22-23-20(24(19)3)27-12-15-6-5-7-17(11-15)25-4/h5-11,14H,12H2,1-4H3. The van der Waals surface area contributed by atoms with Crippen LogP contribution in [0.25, 0.3) is 0 Å². The van der Waals surface area contributed by atoms with Gasteiger partial charge in [0.15, 0.2) is 17.1 Å². The van der Waals surface area contributed by atoms with Gasteiger partial charge in [-0.05, 0) is 55.3 Å². The molecule has 1 atom stereocenters. The molecule has 1 unspecified atom stereocenters. The second-order valence-corrected chi connectivity index (χ2v) is 7.59. The van der Waals surface area contributed by atoms with E-state index >= 15 is 0 Å². The van der Waals surface area contributed by atoms with Crippen LogP contribution in [0.2, 0.25) is 5.02 Å². The van der Waals surface area contributed by atoms with E-state index in [1.54, 1.807) is 18.9 Å². The van der Waals surface area contributed by atoms with Crippen molar-refractivity contribution in [1.82, 2.24) is 14.8 Å². The zero-order valence-electron chi connectivity index (χ0n) is 15.8. The Bertz CT molecular complexity index is 929. The van der Waals surface area contributed by atoms with Crippen LogP contribution in [0.1, 0.15) is 30.0 Å². The van der Waals surface area contributed by atoms with E-state index in [1.165, 1.54) is 5.56 Å². The smallest absolute Gasteiger partial charge is 0.191 e. The van der Waals surface area contributed by atoms with Crippen LogP contribution >= 0.6 is 23.4 Å². The number of hydrogen-bond acceptors (Lipinski definition) is 5. The monoisotopic (exact) mass is 403 g/mol. The number of ether oxygens (including phenoxy) is 2. The summed E-state index contributed by atoms with van der Waals surface area (Å²) in [6, 6.07) is 13.6. The molecule has 0 amide bonds. The number of hydrogen-bond donors (Lipinski definition) is 0. The van der Waals surface area contributed by atoms with E-state index in [-0.39, 0.29) is 6.10 Å². The zero-order chi connectivity index (χ0) is 19.4. The van der Waals surface area contributed by atoms with Gasteiger partial charge in [-0.15, -0.1) is 10.2 Å². The van der Waals surface area contributed by atoms with Gasteiger partial charge in [-0.25, -0.2) is 0 Å².